The first-order chi connectivity index (χ1) is 8.75. The summed E-state index contributed by atoms with van der Waals surface area (Å²) in [5.41, 5.74) is 1.92. The van der Waals surface area contributed by atoms with Gasteiger partial charge in [-0.2, -0.15) is 0 Å². The summed E-state index contributed by atoms with van der Waals surface area (Å²) in [6, 6.07) is 10.0. The highest BCUT2D eigenvalue weighted by atomic mass is 16.3. The molecule has 1 aliphatic carbocycles. The number of ketones is 1. The van der Waals surface area contributed by atoms with Crippen LogP contribution < -0.4 is 0 Å². The number of aryl methyl sites for hydroxylation is 1. The molecule has 0 amide bonds. The molecule has 2 rings (SSSR count). The number of rotatable bonds is 4. The number of aliphatic hydroxyl groups excluding tert-OH is 1. The summed E-state index contributed by atoms with van der Waals surface area (Å²) in [5, 5.41) is 9.49. The molecule has 1 aromatic carbocycles. The molecule has 0 aliphatic heterocycles. The van der Waals surface area contributed by atoms with Crippen LogP contribution in [0.1, 0.15) is 24.8 Å². The van der Waals surface area contributed by atoms with E-state index in [1.165, 1.54) is 5.56 Å². The van der Waals surface area contributed by atoms with Gasteiger partial charge in [0.2, 0.25) is 0 Å². The average molecular weight is 242 g/mol. The lowest BCUT2D eigenvalue weighted by Crippen LogP contribution is -2.04. The molecule has 18 heavy (non-hydrogen) atoms. The highest BCUT2D eigenvalue weighted by Crippen LogP contribution is 2.14. The van der Waals surface area contributed by atoms with E-state index in [4.69, 9.17) is 0 Å². The summed E-state index contributed by atoms with van der Waals surface area (Å²) < 4.78 is 0. The van der Waals surface area contributed by atoms with Crippen LogP contribution in [0.15, 0.2) is 54.1 Å². The third kappa shape index (κ3) is 3.67. The summed E-state index contributed by atoms with van der Waals surface area (Å²) in [5.74, 6) is 0.157. The molecule has 0 saturated heterocycles. The van der Waals surface area contributed by atoms with E-state index in [-0.39, 0.29) is 11.9 Å². The van der Waals surface area contributed by atoms with Gasteiger partial charge in [-0.25, -0.2) is 0 Å². The van der Waals surface area contributed by atoms with Crippen LogP contribution in [0, 0.1) is 0 Å². The molecule has 1 aromatic rings. The molecular formula is C16H18O2. The van der Waals surface area contributed by atoms with Gasteiger partial charge >= 0.3 is 0 Å². The Morgan fingerprint density at radius 2 is 2.00 bits per heavy atom. The van der Waals surface area contributed by atoms with Gasteiger partial charge in [-0.3, -0.25) is 4.79 Å². The number of hydrogen-bond acceptors (Lipinski definition) is 2. The number of benzene rings is 1. The Morgan fingerprint density at radius 1 is 1.22 bits per heavy atom. The molecule has 0 bridgehead atoms. The maximum absolute atomic E-state index is 12.0. The van der Waals surface area contributed by atoms with Crippen LogP contribution in [-0.2, 0) is 11.2 Å². The van der Waals surface area contributed by atoms with Crippen molar-refractivity contribution in [1.82, 2.24) is 0 Å². The highest BCUT2D eigenvalue weighted by molar-refractivity contribution is 5.98. The van der Waals surface area contributed by atoms with E-state index < -0.39 is 0 Å². The van der Waals surface area contributed by atoms with Crippen molar-refractivity contribution in [1.29, 1.82) is 0 Å². The fourth-order valence-electron chi connectivity index (χ4n) is 2.03. The third-order valence-corrected chi connectivity index (χ3v) is 3.12. The molecule has 1 N–H and O–H groups in total. The molecule has 2 heteroatoms. The fourth-order valence-corrected chi connectivity index (χ4v) is 2.03. The van der Waals surface area contributed by atoms with Gasteiger partial charge in [-0.15, -0.1) is 0 Å². The van der Waals surface area contributed by atoms with Crippen LogP contribution in [-0.4, -0.2) is 17.0 Å². The maximum atomic E-state index is 12.0. The number of allylic oxidation sites excluding steroid dienone is 2. The average Bonchev–Trinajstić information content (AvgIpc) is 2.62. The molecule has 0 spiro atoms. The molecule has 1 unspecified atom stereocenters. The van der Waals surface area contributed by atoms with Gasteiger partial charge in [-0.1, -0.05) is 48.6 Å². The van der Waals surface area contributed by atoms with Crippen LogP contribution in [0.4, 0.5) is 0 Å². The van der Waals surface area contributed by atoms with Crippen molar-refractivity contribution in [2.45, 2.75) is 31.8 Å². The van der Waals surface area contributed by atoms with Crippen molar-refractivity contribution >= 4 is 5.78 Å². The minimum Gasteiger partial charge on any atom is -0.392 e. The van der Waals surface area contributed by atoms with Crippen LogP contribution in [0.2, 0.25) is 0 Å². The lowest BCUT2D eigenvalue weighted by molar-refractivity contribution is -0.115. The molecule has 0 fully saturated rings. The quantitative estimate of drug-likeness (QED) is 0.881. The van der Waals surface area contributed by atoms with Crippen molar-refractivity contribution < 1.29 is 9.90 Å². The van der Waals surface area contributed by atoms with Crippen LogP contribution >= 0.6 is 0 Å². The van der Waals surface area contributed by atoms with E-state index in [9.17, 15) is 9.90 Å². The van der Waals surface area contributed by atoms with Gasteiger partial charge in [0.05, 0.1) is 6.10 Å². The third-order valence-electron chi connectivity index (χ3n) is 3.12. The Morgan fingerprint density at radius 3 is 2.78 bits per heavy atom. The zero-order chi connectivity index (χ0) is 12.8. The molecule has 1 atom stereocenters. The van der Waals surface area contributed by atoms with Crippen molar-refractivity contribution in [2.24, 2.45) is 0 Å². The first-order valence-corrected chi connectivity index (χ1v) is 6.37. The molecule has 0 aromatic heterocycles. The number of carbonyl (C=O) groups is 1. The molecule has 0 heterocycles. The van der Waals surface area contributed by atoms with Gasteiger partial charge in [0.25, 0.3) is 0 Å². The first kappa shape index (κ1) is 12.8. The molecule has 1 aliphatic rings. The number of aliphatic hydroxyl groups is 1. The Balaban J connectivity index is 1.92. The number of hydrogen-bond donors (Lipinski definition) is 1. The van der Waals surface area contributed by atoms with Gasteiger partial charge < -0.3 is 5.11 Å². The normalized spacial score (nSPS) is 19.2. The Labute approximate surface area is 108 Å². The fraction of sp³-hybridized carbons (Fsp3) is 0.312. The van der Waals surface area contributed by atoms with E-state index in [1.54, 1.807) is 0 Å². The van der Waals surface area contributed by atoms with Crippen molar-refractivity contribution in [3.63, 3.8) is 0 Å². The Hall–Kier alpha value is -1.67. The minimum absolute atomic E-state index is 0.157. The van der Waals surface area contributed by atoms with Crippen LogP contribution in [0.25, 0.3) is 0 Å². The molecule has 0 saturated carbocycles. The summed E-state index contributed by atoms with van der Waals surface area (Å²) in [6.07, 6.45) is 7.71. The number of Topliss-reactive ketones (excluding diaryl/α,β-unsaturated/α-hetero) is 1. The van der Waals surface area contributed by atoms with E-state index >= 15 is 0 Å². The zero-order valence-electron chi connectivity index (χ0n) is 10.4. The topological polar surface area (TPSA) is 37.3 Å². The summed E-state index contributed by atoms with van der Waals surface area (Å²) >= 11 is 0. The lowest BCUT2D eigenvalue weighted by atomic mass is 10.0. The Kier molecular flexibility index (Phi) is 4.48. The molecule has 94 valence electrons. The van der Waals surface area contributed by atoms with E-state index in [0.29, 0.717) is 19.3 Å². The minimum atomic E-state index is -0.347. The lowest BCUT2D eigenvalue weighted by Gasteiger charge is -2.03. The second kappa shape index (κ2) is 6.31. The highest BCUT2D eigenvalue weighted by Gasteiger charge is 2.11. The van der Waals surface area contributed by atoms with E-state index in [0.717, 1.165) is 12.0 Å². The standard InChI is InChI=1S/C16H18O2/c17-15-8-4-7-14(10-11-15)16(18)12-9-13-5-2-1-3-6-13/h1-7,10,15,17H,8-9,11-12H2. The summed E-state index contributed by atoms with van der Waals surface area (Å²) in [4.78, 5) is 12.0. The SMILES string of the molecule is O=C(CCc1ccccc1)C1=CCC(O)CC=C1. The number of carbonyl (C=O) groups excluding carboxylic acids is 1. The van der Waals surface area contributed by atoms with E-state index in [1.807, 2.05) is 48.6 Å². The molecule has 0 radical (unpaired) electrons. The smallest absolute Gasteiger partial charge is 0.162 e. The van der Waals surface area contributed by atoms with Crippen molar-refractivity contribution in [3.8, 4) is 0 Å². The van der Waals surface area contributed by atoms with Gasteiger partial charge in [0, 0.05) is 12.0 Å². The molecular weight excluding hydrogens is 224 g/mol. The summed E-state index contributed by atoms with van der Waals surface area (Å²) in [6.45, 7) is 0. The largest absolute Gasteiger partial charge is 0.392 e. The van der Waals surface area contributed by atoms with Crippen LogP contribution in [0.5, 0.6) is 0 Å². The van der Waals surface area contributed by atoms with Gasteiger partial charge in [0.15, 0.2) is 5.78 Å². The van der Waals surface area contributed by atoms with E-state index in [2.05, 4.69) is 0 Å². The first-order valence-electron chi connectivity index (χ1n) is 6.37. The van der Waals surface area contributed by atoms with Gasteiger partial charge in [0.1, 0.15) is 0 Å². The Bertz CT molecular complexity index is 457. The maximum Gasteiger partial charge on any atom is 0.162 e. The second-order valence-electron chi connectivity index (χ2n) is 4.60. The molecule has 2 nitrogen and oxygen atoms in total. The van der Waals surface area contributed by atoms with Crippen LogP contribution in [0.3, 0.4) is 0 Å². The zero-order valence-corrected chi connectivity index (χ0v) is 10.4. The summed E-state index contributed by atoms with van der Waals surface area (Å²) in [7, 11) is 0. The van der Waals surface area contributed by atoms with Crippen molar-refractivity contribution in [2.75, 3.05) is 0 Å². The van der Waals surface area contributed by atoms with Gasteiger partial charge in [-0.05, 0) is 24.8 Å². The monoisotopic (exact) mass is 242 g/mol. The predicted octanol–water partition coefficient (Wildman–Crippen LogP) is 2.83. The predicted molar refractivity (Wildman–Crippen MR) is 72.2 cm³/mol. The second-order valence-corrected chi connectivity index (χ2v) is 4.60. The van der Waals surface area contributed by atoms with Crippen molar-refractivity contribution in [3.05, 3.63) is 59.7 Å².